The van der Waals surface area contributed by atoms with E-state index >= 15 is 0 Å². The highest BCUT2D eigenvalue weighted by molar-refractivity contribution is 7.85. The van der Waals surface area contributed by atoms with Crippen LogP contribution in [0.3, 0.4) is 0 Å². The molecule has 0 radical (unpaired) electrons. The number of carbonyl (C=O) groups is 1. The van der Waals surface area contributed by atoms with Gasteiger partial charge in [0.2, 0.25) is 11.6 Å². The Hall–Kier alpha value is -5.31. The van der Waals surface area contributed by atoms with E-state index in [1.807, 2.05) is 18.2 Å². The molecule has 0 bridgehead atoms. The summed E-state index contributed by atoms with van der Waals surface area (Å²) >= 11 is 7.20. The highest BCUT2D eigenvalue weighted by Crippen LogP contribution is 2.45. The molecule has 1 aliphatic heterocycles. The number of hydrogen-bond donors (Lipinski definition) is 1. The first-order valence-electron chi connectivity index (χ1n) is 22.9. The Balaban J connectivity index is 1.00. The lowest BCUT2D eigenvalue weighted by Crippen LogP contribution is -2.28. The lowest BCUT2D eigenvalue weighted by molar-refractivity contribution is -0.438. The van der Waals surface area contributed by atoms with Crippen LogP contribution in [0.2, 0.25) is 0 Å². The quantitative estimate of drug-likeness (QED) is 0.0152. The number of benzene rings is 4. The number of fused-ring (bicyclic) bond motifs is 3. The van der Waals surface area contributed by atoms with E-state index in [-0.39, 0.29) is 17.7 Å². The van der Waals surface area contributed by atoms with Gasteiger partial charge in [0.15, 0.2) is 5.71 Å². The molecular formula is C51H59ClN6O7S. The van der Waals surface area contributed by atoms with Crippen LogP contribution in [0.25, 0.3) is 49.0 Å². The number of amides is 1. The number of rotatable bonds is 25. The normalized spacial score (nSPS) is 15.9. The molecule has 5 aromatic rings. The second kappa shape index (κ2) is 22.9. The highest BCUT2D eigenvalue weighted by Gasteiger charge is 2.45. The fourth-order valence-electron chi connectivity index (χ4n) is 9.27. The SMILES string of the molecule is CC1(C)C(/C=C/C2=C(Cl)C(=C/C=c3\c4cccc5cccc(c54)n3CCCS(=O)(=O)[O-])/CC2)=[N+](CCCCCC(=O)NCCOCCOCCOCCN=[N+]=[N-])c2ccc3ccccc3c21. The Morgan fingerprint density at radius 1 is 0.879 bits per heavy atom. The van der Waals surface area contributed by atoms with Crippen molar-refractivity contribution in [2.24, 2.45) is 5.11 Å². The molecule has 4 aromatic carbocycles. The number of unbranched alkanes of at least 4 members (excludes halogenated alkanes) is 2. The molecule has 0 saturated heterocycles. The van der Waals surface area contributed by atoms with Crippen LogP contribution in [0.1, 0.15) is 64.4 Å². The van der Waals surface area contributed by atoms with Crippen molar-refractivity contribution in [3.05, 3.63) is 129 Å². The third-order valence-corrected chi connectivity index (χ3v) is 13.7. The van der Waals surface area contributed by atoms with Gasteiger partial charge in [-0.3, -0.25) is 4.79 Å². The highest BCUT2D eigenvalue weighted by atomic mass is 35.5. The molecule has 2 heterocycles. The molecule has 1 amide bonds. The Labute approximate surface area is 391 Å². The predicted molar refractivity (Wildman–Crippen MR) is 262 cm³/mol. The molecular weight excluding hydrogens is 876 g/mol. The van der Waals surface area contributed by atoms with Crippen molar-refractivity contribution in [3.63, 3.8) is 0 Å². The van der Waals surface area contributed by atoms with Crippen molar-refractivity contribution >= 4 is 77.5 Å². The van der Waals surface area contributed by atoms with Crippen molar-refractivity contribution in [3.8, 4) is 0 Å². The summed E-state index contributed by atoms with van der Waals surface area (Å²) in [5.74, 6) is -0.397. The number of nitrogens with one attached hydrogen (secondary N) is 1. The van der Waals surface area contributed by atoms with Gasteiger partial charge >= 0.3 is 0 Å². The number of aromatic nitrogens is 1. The number of allylic oxidation sites excluding steroid dienone is 6. The fourth-order valence-corrected chi connectivity index (χ4v) is 10.1. The van der Waals surface area contributed by atoms with Crippen molar-refractivity contribution in [2.45, 2.75) is 70.8 Å². The molecule has 0 fully saturated rings. The van der Waals surface area contributed by atoms with Crippen LogP contribution in [0.15, 0.2) is 112 Å². The minimum absolute atomic E-state index is 0.0184. The second-order valence-electron chi connectivity index (χ2n) is 17.2. The third kappa shape index (κ3) is 12.0. The van der Waals surface area contributed by atoms with Gasteiger partial charge < -0.3 is 28.6 Å². The van der Waals surface area contributed by atoms with Gasteiger partial charge in [-0.1, -0.05) is 83.5 Å². The number of nitrogens with zero attached hydrogens (tertiary/aromatic N) is 5. The van der Waals surface area contributed by atoms with E-state index < -0.39 is 15.9 Å². The number of azide groups is 1. The predicted octanol–water partition coefficient (Wildman–Crippen LogP) is 9.26. The zero-order chi connectivity index (χ0) is 46.5. The molecule has 0 spiro atoms. The van der Waals surface area contributed by atoms with Gasteiger partial charge in [0.25, 0.3) is 0 Å². The van der Waals surface area contributed by atoms with Crippen LogP contribution in [-0.2, 0) is 41.1 Å². The zero-order valence-electron chi connectivity index (χ0n) is 37.8. The summed E-state index contributed by atoms with van der Waals surface area (Å²) in [5, 5.41) is 13.8. The molecule has 0 unspecified atom stereocenters. The minimum Gasteiger partial charge on any atom is -0.748 e. The monoisotopic (exact) mass is 934 g/mol. The van der Waals surface area contributed by atoms with Gasteiger partial charge in [-0.2, -0.15) is 4.58 Å². The van der Waals surface area contributed by atoms with Crippen LogP contribution in [-0.4, -0.2) is 98.8 Å². The van der Waals surface area contributed by atoms with E-state index in [2.05, 4.69) is 117 Å². The molecule has 15 heteroatoms. The lowest BCUT2D eigenvalue weighted by atomic mass is 9.79. The van der Waals surface area contributed by atoms with E-state index in [4.69, 9.17) is 31.3 Å². The van der Waals surface area contributed by atoms with Gasteiger partial charge in [-0.25, -0.2) is 8.42 Å². The number of ether oxygens (including phenoxy) is 3. The van der Waals surface area contributed by atoms with Crippen LogP contribution in [0.5, 0.6) is 0 Å². The van der Waals surface area contributed by atoms with Gasteiger partial charge in [0, 0.05) is 87.5 Å². The topological polar surface area (TPSA) is 171 Å². The average molecular weight is 936 g/mol. The molecule has 2 aliphatic rings. The summed E-state index contributed by atoms with van der Waals surface area (Å²) in [5.41, 5.74) is 14.8. The van der Waals surface area contributed by atoms with Gasteiger partial charge in [-0.05, 0) is 97.0 Å². The first-order valence-corrected chi connectivity index (χ1v) is 24.8. The van der Waals surface area contributed by atoms with Gasteiger partial charge in [-0.15, -0.1) is 0 Å². The molecule has 1 N–H and O–H groups in total. The van der Waals surface area contributed by atoms with Crippen molar-refractivity contribution in [2.75, 3.05) is 65.0 Å². The van der Waals surface area contributed by atoms with E-state index in [0.29, 0.717) is 65.7 Å². The van der Waals surface area contributed by atoms with Crippen molar-refractivity contribution < 1.29 is 36.6 Å². The lowest BCUT2D eigenvalue weighted by Gasteiger charge is -2.17. The molecule has 1 aromatic heterocycles. The first-order chi connectivity index (χ1) is 32.0. The Morgan fingerprint density at radius 3 is 2.39 bits per heavy atom. The Morgan fingerprint density at radius 2 is 1.61 bits per heavy atom. The number of aryl methyl sites for hydroxylation is 1. The van der Waals surface area contributed by atoms with E-state index in [1.54, 1.807) is 0 Å². The van der Waals surface area contributed by atoms with Crippen molar-refractivity contribution in [1.29, 1.82) is 0 Å². The van der Waals surface area contributed by atoms with Gasteiger partial charge in [0.1, 0.15) is 6.54 Å². The molecule has 348 valence electrons. The van der Waals surface area contributed by atoms with Crippen LogP contribution < -0.4 is 10.7 Å². The van der Waals surface area contributed by atoms with E-state index in [9.17, 15) is 17.8 Å². The summed E-state index contributed by atoms with van der Waals surface area (Å²) in [6.45, 7) is 9.04. The third-order valence-electron chi connectivity index (χ3n) is 12.4. The maximum absolute atomic E-state index is 12.6. The average Bonchev–Trinajstić information content (AvgIpc) is 3.88. The van der Waals surface area contributed by atoms with Crippen LogP contribution >= 0.6 is 11.6 Å². The molecule has 66 heavy (non-hydrogen) atoms. The first kappa shape index (κ1) is 48.6. The van der Waals surface area contributed by atoms with Gasteiger partial charge in [0.05, 0.1) is 55.2 Å². The maximum atomic E-state index is 12.6. The number of carbonyl (C=O) groups excluding carboxylic acids is 1. The van der Waals surface area contributed by atoms with E-state index in [0.717, 1.165) is 81.9 Å². The smallest absolute Gasteiger partial charge is 0.220 e. The van der Waals surface area contributed by atoms with E-state index in [1.165, 1.54) is 27.7 Å². The Bertz CT molecular complexity index is 2890. The Kier molecular flexibility index (Phi) is 16.9. The van der Waals surface area contributed by atoms with Crippen LogP contribution in [0, 0.1) is 0 Å². The number of hydrogen-bond acceptors (Lipinski definition) is 8. The fraction of sp³-hybridized carbons (Fsp3) is 0.412. The molecule has 1 aliphatic carbocycles. The summed E-state index contributed by atoms with van der Waals surface area (Å²) in [6, 6.07) is 25.3. The molecule has 7 rings (SSSR count). The summed E-state index contributed by atoms with van der Waals surface area (Å²) in [7, 11) is -4.33. The zero-order valence-corrected chi connectivity index (χ0v) is 39.4. The summed E-state index contributed by atoms with van der Waals surface area (Å²) in [4.78, 5) is 15.3. The molecule has 0 saturated carbocycles. The number of halogens is 1. The minimum atomic E-state index is -4.33. The molecule has 13 nitrogen and oxygen atoms in total. The standard InChI is InChI=1S/C51H59ClN6O7S/c1-51(2)46(25-22-40-19-18-39(50(40)52)21-23-43-42-15-8-12-38-13-9-16-44(48(38)42)57(43)29-10-36-66(60,61)62)58(45-24-20-37-11-5-6-14-41(37)49(45)51)28-7-3-4-17-47(59)54-26-30-63-32-34-65-35-33-64-31-27-55-56-53/h5-6,8-9,11-16,20-25H,3-4,7,10,17-19,26-36H2,1-2H3,(H-,54,59,60,61,62). The molecule has 0 atom stereocenters. The second-order valence-corrected chi connectivity index (χ2v) is 19.1. The maximum Gasteiger partial charge on any atom is 0.220 e. The summed E-state index contributed by atoms with van der Waals surface area (Å²) in [6.07, 6.45) is 13.5. The van der Waals surface area contributed by atoms with Crippen LogP contribution in [0.4, 0.5) is 5.69 Å². The summed E-state index contributed by atoms with van der Waals surface area (Å²) < 4.78 is 55.4. The van der Waals surface area contributed by atoms with Crippen molar-refractivity contribution in [1.82, 2.24) is 9.88 Å². The largest absolute Gasteiger partial charge is 0.748 e.